The Labute approximate surface area is 96.0 Å². The first kappa shape index (κ1) is 9.85. The molecule has 3 nitrogen and oxygen atoms in total. The summed E-state index contributed by atoms with van der Waals surface area (Å²) in [6, 6.07) is 8.58. The topological polar surface area (TPSA) is 41.6 Å². The largest absolute Gasteiger partial charge is 0.358 e. The van der Waals surface area contributed by atoms with Gasteiger partial charge in [0.15, 0.2) is 0 Å². The van der Waals surface area contributed by atoms with E-state index < -0.39 is 0 Å². The van der Waals surface area contributed by atoms with Crippen LogP contribution in [-0.4, -0.2) is 30.9 Å². The van der Waals surface area contributed by atoms with Crippen molar-refractivity contribution in [3.05, 3.63) is 35.4 Å². The number of hydrogen-bond acceptors (Lipinski definition) is 3. The van der Waals surface area contributed by atoms with E-state index in [9.17, 15) is 0 Å². The third kappa shape index (κ3) is 1.52. The quantitative estimate of drug-likeness (QED) is 0.808. The second-order valence-electron chi connectivity index (χ2n) is 4.86. The van der Waals surface area contributed by atoms with Crippen LogP contribution in [0.2, 0.25) is 0 Å². The van der Waals surface area contributed by atoms with Crippen LogP contribution in [-0.2, 0) is 5.54 Å². The van der Waals surface area contributed by atoms with E-state index in [2.05, 4.69) is 41.2 Å². The minimum absolute atomic E-state index is 0.0259. The van der Waals surface area contributed by atoms with E-state index in [-0.39, 0.29) is 5.54 Å². The Hall–Kier alpha value is -1.35. The van der Waals surface area contributed by atoms with Gasteiger partial charge in [-0.1, -0.05) is 24.3 Å². The van der Waals surface area contributed by atoms with E-state index in [1.807, 2.05) is 0 Å². The predicted octanol–water partition coefficient (Wildman–Crippen LogP) is 1.33. The molecule has 1 heterocycles. The molecule has 0 unspecified atom stereocenters. The lowest BCUT2D eigenvalue weighted by atomic mass is 10.0. The lowest BCUT2D eigenvalue weighted by molar-refractivity contribution is 0.557. The van der Waals surface area contributed by atoms with E-state index in [0.29, 0.717) is 0 Å². The molecule has 16 heavy (non-hydrogen) atoms. The molecule has 0 amide bonds. The molecule has 0 spiro atoms. The van der Waals surface area contributed by atoms with Crippen LogP contribution in [0.25, 0.3) is 0 Å². The Balaban J connectivity index is 1.87. The summed E-state index contributed by atoms with van der Waals surface area (Å²) in [6.45, 7) is 1.94. The number of rotatable bonds is 2. The average molecular weight is 215 g/mol. The van der Waals surface area contributed by atoms with E-state index in [0.717, 1.165) is 31.8 Å². The van der Waals surface area contributed by atoms with Gasteiger partial charge in [0.2, 0.25) is 0 Å². The summed E-state index contributed by atoms with van der Waals surface area (Å²) in [7, 11) is 2.09. The van der Waals surface area contributed by atoms with Gasteiger partial charge in [0.05, 0.1) is 6.54 Å². The molecule has 0 saturated heterocycles. The maximum Gasteiger partial charge on any atom is 0.130 e. The van der Waals surface area contributed by atoms with Gasteiger partial charge < -0.3 is 10.6 Å². The van der Waals surface area contributed by atoms with Gasteiger partial charge in [0.25, 0.3) is 0 Å². The average Bonchev–Trinajstić information content (AvgIpc) is 2.90. The highest BCUT2D eigenvalue weighted by Gasteiger charge is 2.39. The fourth-order valence-corrected chi connectivity index (χ4v) is 2.22. The zero-order chi connectivity index (χ0) is 11.2. The fourth-order valence-electron chi connectivity index (χ4n) is 2.22. The van der Waals surface area contributed by atoms with Gasteiger partial charge in [-0.3, -0.25) is 4.99 Å². The molecule has 0 aromatic heterocycles. The first-order chi connectivity index (χ1) is 7.69. The number of nitrogens with two attached hydrogens (primary N) is 1. The number of aliphatic imine (C=N–C) groups is 1. The second-order valence-corrected chi connectivity index (χ2v) is 4.86. The molecule has 84 valence electrons. The summed E-state index contributed by atoms with van der Waals surface area (Å²) in [5, 5.41) is 0. The number of nitrogens with zero attached hydrogens (tertiary/aromatic N) is 2. The van der Waals surface area contributed by atoms with E-state index in [4.69, 9.17) is 5.73 Å². The third-order valence-corrected chi connectivity index (χ3v) is 3.57. The molecule has 1 saturated carbocycles. The van der Waals surface area contributed by atoms with Crippen LogP contribution in [0.1, 0.15) is 24.0 Å². The molecule has 3 heteroatoms. The van der Waals surface area contributed by atoms with Crippen LogP contribution >= 0.6 is 0 Å². The van der Waals surface area contributed by atoms with Crippen LogP contribution in [0.5, 0.6) is 0 Å². The summed E-state index contributed by atoms with van der Waals surface area (Å²) < 4.78 is 0. The SMILES string of the molecule is CN1CCN=C1c1ccc(C2(N)CC2)cc1. The molecule has 1 aliphatic heterocycles. The molecule has 1 fully saturated rings. The molecule has 1 aromatic rings. The maximum atomic E-state index is 6.16. The maximum absolute atomic E-state index is 6.16. The lowest BCUT2D eigenvalue weighted by Crippen LogP contribution is -2.24. The molecule has 2 aliphatic rings. The Morgan fingerprint density at radius 3 is 2.44 bits per heavy atom. The van der Waals surface area contributed by atoms with Gasteiger partial charge in [0, 0.05) is 24.7 Å². The van der Waals surface area contributed by atoms with Crippen molar-refractivity contribution in [2.45, 2.75) is 18.4 Å². The Bertz CT molecular complexity index is 429. The molecule has 0 atom stereocenters. The van der Waals surface area contributed by atoms with Crippen molar-refractivity contribution in [1.82, 2.24) is 4.90 Å². The molecular weight excluding hydrogens is 198 g/mol. The van der Waals surface area contributed by atoms with Crippen molar-refractivity contribution in [3.63, 3.8) is 0 Å². The lowest BCUT2D eigenvalue weighted by Gasteiger charge is -2.15. The van der Waals surface area contributed by atoms with Crippen molar-refractivity contribution in [2.75, 3.05) is 20.1 Å². The first-order valence-electron chi connectivity index (χ1n) is 5.84. The number of benzene rings is 1. The smallest absolute Gasteiger partial charge is 0.130 e. The number of amidine groups is 1. The summed E-state index contributed by atoms with van der Waals surface area (Å²) in [5.74, 6) is 1.11. The van der Waals surface area contributed by atoms with Crippen LogP contribution < -0.4 is 5.73 Å². The van der Waals surface area contributed by atoms with Crippen molar-refractivity contribution in [2.24, 2.45) is 10.7 Å². The van der Waals surface area contributed by atoms with Crippen LogP contribution in [0.3, 0.4) is 0 Å². The van der Waals surface area contributed by atoms with Gasteiger partial charge in [0.1, 0.15) is 5.84 Å². The van der Waals surface area contributed by atoms with Gasteiger partial charge in [-0.25, -0.2) is 0 Å². The monoisotopic (exact) mass is 215 g/mol. The van der Waals surface area contributed by atoms with Gasteiger partial charge in [-0.05, 0) is 18.4 Å². The van der Waals surface area contributed by atoms with Gasteiger partial charge >= 0.3 is 0 Å². The van der Waals surface area contributed by atoms with Crippen LogP contribution in [0.15, 0.2) is 29.3 Å². The summed E-state index contributed by atoms with van der Waals surface area (Å²) in [5.41, 5.74) is 8.60. The summed E-state index contributed by atoms with van der Waals surface area (Å²) >= 11 is 0. The normalized spacial score (nSPS) is 22.1. The minimum atomic E-state index is -0.0259. The Kier molecular flexibility index (Phi) is 2.04. The number of hydrogen-bond donors (Lipinski definition) is 1. The standard InChI is InChI=1S/C13H17N3/c1-16-9-8-15-12(16)10-2-4-11(5-3-10)13(14)6-7-13/h2-5H,6-9,14H2,1H3. The van der Waals surface area contributed by atoms with Gasteiger partial charge in [-0.15, -0.1) is 0 Å². The highest BCUT2D eigenvalue weighted by atomic mass is 15.2. The van der Waals surface area contributed by atoms with Gasteiger partial charge in [-0.2, -0.15) is 0 Å². The zero-order valence-electron chi connectivity index (χ0n) is 9.61. The molecule has 2 N–H and O–H groups in total. The van der Waals surface area contributed by atoms with E-state index in [1.54, 1.807) is 0 Å². The van der Waals surface area contributed by atoms with Crippen molar-refractivity contribution < 1.29 is 0 Å². The molecule has 1 aliphatic carbocycles. The first-order valence-corrected chi connectivity index (χ1v) is 5.84. The Morgan fingerprint density at radius 2 is 1.94 bits per heavy atom. The highest BCUT2D eigenvalue weighted by Crippen LogP contribution is 2.42. The number of likely N-dealkylation sites (N-methyl/N-ethyl adjacent to an activating group) is 1. The molecule has 0 radical (unpaired) electrons. The molecule has 3 rings (SSSR count). The summed E-state index contributed by atoms with van der Waals surface area (Å²) in [6.07, 6.45) is 2.24. The van der Waals surface area contributed by atoms with E-state index >= 15 is 0 Å². The second kappa shape index (κ2) is 3.32. The summed E-state index contributed by atoms with van der Waals surface area (Å²) in [4.78, 5) is 6.70. The fraction of sp³-hybridized carbons (Fsp3) is 0.462. The third-order valence-electron chi connectivity index (χ3n) is 3.57. The molecular formula is C13H17N3. The minimum Gasteiger partial charge on any atom is -0.358 e. The molecule has 1 aromatic carbocycles. The predicted molar refractivity (Wildman–Crippen MR) is 65.6 cm³/mol. The van der Waals surface area contributed by atoms with Crippen LogP contribution in [0, 0.1) is 0 Å². The highest BCUT2D eigenvalue weighted by molar-refractivity contribution is 5.99. The zero-order valence-corrected chi connectivity index (χ0v) is 9.61. The van der Waals surface area contributed by atoms with Crippen molar-refractivity contribution >= 4 is 5.84 Å². The van der Waals surface area contributed by atoms with Crippen molar-refractivity contribution in [1.29, 1.82) is 0 Å². The molecule has 0 bridgehead atoms. The van der Waals surface area contributed by atoms with Crippen molar-refractivity contribution in [3.8, 4) is 0 Å². The van der Waals surface area contributed by atoms with Crippen LogP contribution in [0.4, 0.5) is 0 Å². The van der Waals surface area contributed by atoms with E-state index in [1.165, 1.54) is 11.1 Å². The Morgan fingerprint density at radius 1 is 1.25 bits per heavy atom.